The van der Waals surface area contributed by atoms with Crippen molar-refractivity contribution in [3.05, 3.63) is 23.3 Å². The Morgan fingerprint density at radius 2 is 2.10 bits per heavy atom. The summed E-state index contributed by atoms with van der Waals surface area (Å²) in [4.78, 5) is 0. The lowest BCUT2D eigenvalue weighted by molar-refractivity contribution is 0.00304. The average Bonchev–Trinajstić information content (AvgIpc) is 2.45. The van der Waals surface area contributed by atoms with E-state index in [4.69, 9.17) is 0 Å². The monoisotopic (exact) mass is 272 g/mol. The zero-order chi connectivity index (χ0) is 14.3. The molecule has 3 aliphatic carbocycles. The van der Waals surface area contributed by atoms with E-state index in [2.05, 4.69) is 39.8 Å². The molecule has 0 aromatic rings. The van der Waals surface area contributed by atoms with Crippen LogP contribution < -0.4 is 0 Å². The van der Waals surface area contributed by atoms with Gasteiger partial charge in [-0.1, -0.05) is 64.7 Å². The largest absolute Gasteiger partial charge is 0.0807 e. The van der Waals surface area contributed by atoms with Gasteiger partial charge < -0.3 is 0 Å². The summed E-state index contributed by atoms with van der Waals surface area (Å²) in [6.45, 7) is 9.75. The first kappa shape index (κ1) is 14.4. The van der Waals surface area contributed by atoms with Gasteiger partial charge in [0.15, 0.2) is 0 Å². The van der Waals surface area contributed by atoms with Gasteiger partial charge in [0.25, 0.3) is 0 Å². The molecule has 1 saturated carbocycles. The fraction of sp³-hybridized carbons (Fsp3) is 0.800. The Hall–Kier alpha value is -0.520. The Morgan fingerprint density at radius 1 is 1.30 bits per heavy atom. The number of hydrogen-bond donors (Lipinski definition) is 0. The molecule has 0 bridgehead atoms. The normalized spacial score (nSPS) is 40.8. The number of fused-ring (bicyclic) bond motifs is 3. The third kappa shape index (κ3) is 2.20. The molecule has 0 heterocycles. The zero-order valence-corrected chi connectivity index (χ0v) is 13.9. The first-order valence-electron chi connectivity index (χ1n) is 8.96. The van der Waals surface area contributed by atoms with Gasteiger partial charge in [0.1, 0.15) is 0 Å². The maximum absolute atomic E-state index is 2.63. The fourth-order valence-corrected chi connectivity index (χ4v) is 5.55. The highest BCUT2D eigenvalue weighted by Gasteiger charge is 2.49. The van der Waals surface area contributed by atoms with Crippen LogP contribution in [0.25, 0.3) is 0 Å². The van der Waals surface area contributed by atoms with Gasteiger partial charge in [-0.3, -0.25) is 0 Å². The molecule has 3 rings (SSSR count). The second kappa shape index (κ2) is 5.35. The molecule has 1 fully saturated rings. The predicted molar refractivity (Wildman–Crippen MR) is 87.6 cm³/mol. The molecule has 0 saturated heterocycles. The Kier molecular flexibility index (Phi) is 3.86. The van der Waals surface area contributed by atoms with E-state index in [1.165, 1.54) is 44.9 Å². The van der Waals surface area contributed by atoms with Gasteiger partial charge in [0.05, 0.1) is 0 Å². The summed E-state index contributed by atoms with van der Waals surface area (Å²) in [5, 5.41) is 0. The van der Waals surface area contributed by atoms with Crippen molar-refractivity contribution in [2.24, 2.45) is 29.1 Å². The highest BCUT2D eigenvalue weighted by molar-refractivity contribution is 5.35. The van der Waals surface area contributed by atoms with Crippen LogP contribution in [0.5, 0.6) is 0 Å². The molecule has 4 atom stereocenters. The van der Waals surface area contributed by atoms with Gasteiger partial charge >= 0.3 is 0 Å². The van der Waals surface area contributed by atoms with E-state index in [0.717, 1.165) is 23.7 Å². The van der Waals surface area contributed by atoms with E-state index in [-0.39, 0.29) is 0 Å². The van der Waals surface area contributed by atoms with Gasteiger partial charge in [0.2, 0.25) is 0 Å². The minimum atomic E-state index is 0.599. The van der Waals surface area contributed by atoms with Crippen molar-refractivity contribution in [3.63, 3.8) is 0 Å². The molecule has 0 aromatic heterocycles. The molecule has 0 heteroatoms. The minimum absolute atomic E-state index is 0.599. The summed E-state index contributed by atoms with van der Waals surface area (Å²) in [7, 11) is 0. The zero-order valence-electron chi connectivity index (χ0n) is 13.9. The van der Waals surface area contributed by atoms with Crippen LogP contribution >= 0.6 is 0 Å². The maximum atomic E-state index is 2.63. The van der Waals surface area contributed by atoms with Crippen molar-refractivity contribution in [2.45, 2.75) is 72.6 Å². The first-order chi connectivity index (χ1) is 9.56. The van der Waals surface area contributed by atoms with Crippen LogP contribution in [0.15, 0.2) is 23.3 Å². The lowest BCUT2D eigenvalue weighted by Crippen LogP contribution is -2.45. The predicted octanol–water partition coefficient (Wildman–Crippen LogP) is 6.14. The van der Waals surface area contributed by atoms with Gasteiger partial charge in [-0.25, -0.2) is 0 Å². The van der Waals surface area contributed by atoms with Crippen molar-refractivity contribution in [1.29, 1.82) is 0 Å². The second-order valence-corrected chi connectivity index (χ2v) is 8.08. The Bertz CT molecular complexity index is 425. The molecule has 0 nitrogen and oxygen atoms in total. The quantitative estimate of drug-likeness (QED) is 0.566. The molecular weight excluding hydrogens is 240 g/mol. The number of hydrogen-bond acceptors (Lipinski definition) is 0. The molecule has 0 amide bonds. The van der Waals surface area contributed by atoms with Crippen LogP contribution in [0.2, 0.25) is 0 Å². The molecular formula is C20H32. The Labute approximate surface area is 125 Å². The SMILES string of the molecule is CC[C@@H]1CCCC2(C)C3CCC(C(C)C)=CC3=CCC12. The second-order valence-electron chi connectivity index (χ2n) is 8.08. The van der Waals surface area contributed by atoms with Crippen LogP contribution in [0.1, 0.15) is 72.6 Å². The molecule has 0 spiro atoms. The molecule has 0 aromatic carbocycles. The van der Waals surface area contributed by atoms with Crippen molar-refractivity contribution < 1.29 is 0 Å². The lowest BCUT2D eigenvalue weighted by Gasteiger charge is -2.54. The molecule has 0 radical (unpaired) electrons. The summed E-state index contributed by atoms with van der Waals surface area (Å²) in [6, 6.07) is 0. The molecule has 3 aliphatic rings. The summed E-state index contributed by atoms with van der Waals surface area (Å²) < 4.78 is 0. The van der Waals surface area contributed by atoms with Crippen molar-refractivity contribution in [2.75, 3.05) is 0 Å². The molecule has 112 valence electrons. The van der Waals surface area contributed by atoms with Gasteiger partial charge in [0, 0.05) is 0 Å². The van der Waals surface area contributed by atoms with Crippen LogP contribution in [-0.4, -0.2) is 0 Å². The molecule has 0 aliphatic heterocycles. The Morgan fingerprint density at radius 3 is 2.80 bits per heavy atom. The molecule has 20 heavy (non-hydrogen) atoms. The molecule has 0 N–H and O–H groups in total. The van der Waals surface area contributed by atoms with E-state index in [0.29, 0.717) is 5.41 Å². The van der Waals surface area contributed by atoms with Crippen molar-refractivity contribution in [1.82, 2.24) is 0 Å². The summed E-state index contributed by atoms with van der Waals surface area (Å²) >= 11 is 0. The average molecular weight is 272 g/mol. The van der Waals surface area contributed by atoms with Crippen molar-refractivity contribution >= 4 is 0 Å². The Balaban J connectivity index is 1.92. The van der Waals surface area contributed by atoms with Gasteiger partial charge in [-0.15, -0.1) is 0 Å². The van der Waals surface area contributed by atoms with Gasteiger partial charge in [-0.05, 0) is 60.3 Å². The van der Waals surface area contributed by atoms with E-state index >= 15 is 0 Å². The number of rotatable bonds is 2. The minimum Gasteiger partial charge on any atom is -0.0807 e. The first-order valence-corrected chi connectivity index (χ1v) is 8.96. The highest BCUT2D eigenvalue weighted by Crippen LogP contribution is 2.58. The number of allylic oxidation sites excluding steroid dienone is 4. The standard InChI is InChI=1S/C20H32/c1-5-15-7-6-12-20(4)18(15)11-9-17-13-16(14(2)3)8-10-19(17)20/h9,13-15,18-19H,5-8,10-12H2,1-4H3/t15-,18?,19?,20?/m1/s1. The third-order valence-electron chi connectivity index (χ3n) is 6.85. The lowest BCUT2D eigenvalue weighted by atomic mass is 9.50. The van der Waals surface area contributed by atoms with Crippen molar-refractivity contribution in [3.8, 4) is 0 Å². The fourth-order valence-electron chi connectivity index (χ4n) is 5.55. The van der Waals surface area contributed by atoms with E-state index < -0.39 is 0 Å². The van der Waals surface area contributed by atoms with Crippen LogP contribution in [-0.2, 0) is 0 Å². The topological polar surface area (TPSA) is 0 Å². The maximum Gasteiger partial charge on any atom is -0.0105 e. The van der Waals surface area contributed by atoms with Gasteiger partial charge in [-0.2, -0.15) is 0 Å². The highest BCUT2D eigenvalue weighted by atomic mass is 14.5. The summed E-state index contributed by atoms with van der Waals surface area (Å²) in [6.07, 6.45) is 15.1. The van der Waals surface area contributed by atoms with E-state index in [1.54, 1.807) is 11.1 Å². The van der Waals surface area contributed by atoms with Crippen LogP contribution in [0.3, 0.4) is 0 Å². The van der Waals surface area contributed by atoms with E-state index in [1.807, 2.05) is 0 Å². The van der Waals surface area contributed by atoms with Crippen LogP contribution in [0.4, 0.5) is 0 Å². The molecule has 3 unspecified atom stereocenters. The summed E-state index contributed by atoms with van der Waals surface area (Å²) in [5.74, 6) is 3.54. The third-order valence-corrected chi connectivity index (χ3v) is 6.85. The smallest absolute Gasteiger partial charge is 0.0105 e. The van der Waals surface area contributed by atoms with E-state index in [9.17, 15) is 0 Å². The van der Waals surface area contributed by atoms with Crippen LogP contribution in [0, 0.1) is 29.1 Å². The summed E-state index contributed by atoms with van der Waals surface area (Å²) in [5.41, 5.74) is 4.00.